The zero-order valence-electron chi connectivity index (χ0n) is 12.6. The molecule has 1 aliphatic heterocycles. The fraction of sp³-hybridized carbons (Fsp3) is 0.500. The number of pyridine rings is 1. The van der Waals surface area contributed by atoms with Crippen molar-refractivity contribution in [3.05, 3.63) is 48.0 Å². The topological polar surface area (TPSA) is 37.2 Å². The minimum absolute atomic E-state index is 0.943. The number of piperazine rings is 1. The van der Waals surface area contributed by atoms with Crippen LogP contribution in [0.25, 0.3) is 0 Å². The highest BCUT2D eigenvalue weighted by Gasteiger charge is 2.17. The van der Waals surface area contributed by atoms with Gasteiger partial charge in [-0.2, -0.15) is 5.10 Å². The average molecular weight is 285 g/mol. The van der Waals surface area contributed by atoms with Gasteiger partial charge in [-0.05, 0) is 18.6 Å². The van der Waals surface area contributed by atoms with Crippen LogP contribution in [0.1, 0.15) is 18.1 Å². The first-order chi connectivity index (χ1) is 10.3. The molecule has 0 radical (unpaired) electrons. The molecule has 2 aromatic heterocycles. The van der Waals surface area contributed by atoms with Crippen molar-refractivity contribution in [1.82, 2.24) is 24.6 Å². The lowest BCUT2D eigenvalue weighted by Gasteiger charge is -2.34. The van der Waals surface area contributed by atoms with Crippen LogP contribution in [-0.2, 0) is 19.6 Å². The van der Waals surface area contributed by atoms with Crippen molar-refractivity contribution in [3.8, 4) is 0 Å². The van der Waals surface area contributed by atoms with Gasteiger partial charge in [0.15, 0.2) is 0 Å². The highest BCUT2D eigenvalue weighted by Crippen LogP contribution is 2.10. The second-order valence-electron chi connectivity index (χ2n) is 5.62. The number of aryl methyl sites for hydroxylation is 1. The van der Waals surface area contributed by atoms with E-state index in [2.05, 4.69) is 39.1 Å². The quantitative estimate of drug-likeness (QED) is 0.836. The first kappa shape index (κ1) is 14.2. The molecule has 3 heterocycles. The lowest BCUT2D eigenvalue weighted by molar-refractivity contribution is 0.122. The summed E-state index contributed by atoms with van der Waals surface area (Å²) in [7, 11) is 0. The minimum Gasteiger partial charge on any atom is -0.296 e. The molecule has 5 nitrogen and oxygen atoms in total. The van der Waals surface area contributed by atoms with Crippen LogP contribution in [-0.4, -0.2) is 50.7 Å². The summed E-state index contributed by atoms with van der Waals surface area (Å²) in [6.45, 7) is 9.58. The summed E-state index contributed by atoms with van der Waals surface area (Å²) in [4.78, 5) is 9.20. The minimum atomic E-state index is 0.943. The highest BCUT2D eigenvalue weighted by molar-refractivity contribution is 5.08. The van der Waals surface area contributed by atoms with E-state index in [0.717, 1.165) is 45.8 Å². The van der Waals surface area contributed by atoms with Crippen LogP contribution >= 0.6 is 0 Å². The zero-order valence-corrected chi connectivity index (χ0v) is 12.6. The van der Waals surface area contributed by atoms with Gasteiger partial charge in [-0.1, -0.05) is 6.07 Å². The molecule has 0 bridgehead atoms. The predicted molar refractivity (Wildman–Crippen MR) is 82.7 cm³/mol. The van der Waals surface area contributed by atoms with E-state index in [4.69, 9.17) is 0 Å². The SMILES string of the molecule is CCn1cc(CN2CCN(Cc3cccnc3)CC2)cn1. The van der Waals surface area contributed by atoms with Gasteiger partial charge in [-0.3, -0.25) is 19.5 Å². The van der Waals surface area contributed by atoms with Gasteiger partial charge >= 0.3 is 0 Å². The Morgan fingerprint density at radius 1 is 1.00 bits per heavy atom. The van der Waals surface area contributed by atoms with E-state index >= 15 is 0 Å². The second-order valence-corrected chi connectivity index (χ2v) is 5.62. The summed E-state index contributed by atoms with van der Waals surface area (Å²) in [5.41, 5.74) is 2.62. The van der Waals surface area contributed by atoms with Gasteiger partial charge < -0.3 is 0 Å². The van der Waals surface area contributed by atoms with Crippen molar-refractivity contribution < 1.29 is 0 Å². The molecule has 1 saturated heterocycles. The van der Waals surface area contributed by atoms with Crippen molar-refractivity contribution in [2.24, 2.45) is 0 Å². The number of nitrogens with zero attached hydrogens (tertiary/aromatic N) is 5. The van der Waals surface area contributed by atoms with Gasteiger partial charge in [0.25, 0.3) is 0 Å². The molecule has 0 unspecified atom stereocenters. The van der Waals surface area contributed by atoms with E-state index in [0.29, 0.717) is 0 Å². The Morgan fingerprint density at radius 3 is 2.29 bits per heavy atom. The van der Waals surface area contributed by atoms with Gasteiger partial charge in [-0.15, -0.1) is 0 Å². The van der Waals surface area contributed by atoms with Gasteiger partial charge in [0, 0.05) is 70.0 Å². The fourth-order valence-corrected chi connectivity index (χ4v) is 2.77. The first-order valence-corrected chi connectivity index (χ1v) is 7.68. The summed E-state index contributed by atoms with van der Waals surface area (Å²) in [5.74, 6) is 0. The molecule has 0 amide bonds. The third-order valence-electron chi connectivity index (χ3n) is 4.01. The number of hydrogen-bond donors (Lipinski definition) is 0. The van der Waals surface area contributed by atoms with Crippen LogP contribution in [0.4, 0.5) is 0 Å². The van der Waals surface area contributed by atoms with Gasteiger partial charge in [0.1, 0.15) is 0 Å². The Bertz CT molecular complexity index is 543. The van der Waals surface area contributed by atoms with Gasteiger partial charge in [0.05, 0.1) is 6.20 Å². The maximum atomic E-state index is 4.34. The van der Waals surface area contributed by atoms with E-state index in [1.54, 1.807) is 0 Å². The Balaban J connectivity index is 1.46. The average Bonchev–Trinajstić information content (AvgIpc) is 2.98. The summed E-state index contributed by atoms with van der Waals surface area (Å²) in [6, 6.07) is 4.16. The van der Waals surface area contributed by atoms with Crippen molar-refractivity contribution in [2.45, 2.75) is 26.6 Å². The number of hydrogen-bond acceptors (Lipinski definition) is 4. The van der Waals surface area contributed by atoms with Crippen LogP contribution in [0.3, 0.4) is 0 Å². The van der Waals surface area contributed by atoms with Crippen molar-refractivity contribution in [3.63, 3.8) is 0 Å². The summed E-state index contributed by atoms with van der Waals surface area (Å²) < 4.78 is 1.99. The lowest BCUT2D eigenvalue weighted by atomic mass is 10.2. The van der Waals surface area contributed by atoms with E-state index < -0.39 is 0 Å². The van der Waals surface area contributed by atoms with Crippen LogP contribution in [0.5, 0.6) is 0 Å². The van der Waals surface area contributed by atoms with Crippen molar-refractivity contribution in [2.75, 3.05) is 26.2 Å². The molecule has 0 spiro atoms. The molecule has 1 fully saturated rings. The van der Waals surface area contributed by atoms with Crippen LogP contribution in [0, 0.1) is 0 Å². The van der Waals surface area contributed by atoms with Crippen LogP contribution in [0.2, 0.25) is 0 Å². The molecule has 3 rings (SSSR count). The first-order valence-electron chi connectivity index (χ1n) is 7.68. The van der Waals surface area contributed by atoms with Crippen molar-refractivity contribution >= 4 is 0 Å². The molecule has 1 aliphatic rings. The van der Waals surface area contributed by atoms with E-state index in [1.807, 2.05) is 29.3 Å². The predicted octanol–water partition coefficient (Wildman–Crippen LogP) is 1.62. The summed E-state index contributed by atoms with van der Waals surface area (Å²) in [5, 5.41) is 4.34. The van der Waals surface area contributed by atoms with E-state index in [1.165, 1.54) is 11.1 Å². The Hall–Kier alpha value is -1.72. The highest BCUT2D eigenvalue weighted by atomic mass is 15.3. The fourth-order valence-electron chi connectivity index (χ4n) is 2.77. The third-order valence-corrected chi connectivity index (χ3v) is 4.01. The van der Waals surface area contributed by atoms with E-state index in [-0.39, 0.29) is 0 Å². The summed E-state index contributed by atoms with van der Waals surface area (Å²) >= 11 is 0. The van der Waals surface area contributed by atoms with Crippen LogP contribution < -0.4 is 0 Å². The smallest absolute Gasteiger partial charge is 0.0534 e. The normalized spacial score (nSPS) is 17.2. The molecular formula is C16H23N5. The lowest BCUT2D eigenvalue weighted by Crippen LogP contribution is -2.45. The number of aromatic nitrogens is 3. The third kappa shape index (κ3) is 3.89. The molecule has 0 N–H and O–H groups in total. The Morgan fingerprint density at radius 2 is 1.71 bits per heavy atom. The molecule has 2 aromatic rings. The van der Waals surface area contributed by atoms with Crippen LogP contribution in [0.15, 0.2) is 36.9 Å². The molecule has 5 heteroatoms. The number of rotatable bonds is 5. The van der Waals surface area contributed by atoms with Gasteiger partial charge in [0.2, 0.25) is 0 Å². The standard InChI is InChI=1S/C16H23N5/c1-2-21-14-16(11-18-21)13-20-8-6-19(7-9-20)12-15-4-3-5-17-10-15/h3-5,10-11,14H,2,6-9,12-13H2,1H3. The molecular weight excluding hydrogens is 262 g/mol. The maximum Gasteiger partial charge on any atom is 0.0534 e. The molecule has 0 aromatic carbocycles. The molecule has 0 aliphatic carbocycles. The van der Waals surface area contributed by atoms with Crippen molar-refractivity contribution in [1.29, 1.82) is 0 Å². The Labute approximate surface area is 126 Å². The molecule has 21 heavy (non-hydrogen) atoms. The molecule has 0 atom stereocenters. The molecule has 0 saturated carbocycles. The molecule has 112 valence electrons. The monoisotopic (exact) mass is 285 g/mol. The largest absolute Gasteiger partial charge is 0.296 e. The zero-order chi connectivity index (χ0) is 14.5. The summed E-state index contributed by atoms with van der Waals surface area (Å²) in [6.07, 6.45) is 7.94. The Kier molecular flexibility index (Phi) is 4.62. The van der Waals surface area contributed by atoms with E-state index in [9.17, 15) is 0 Å². The maximum absolute atomic E-state index is 4.34. The second kappa shape index (κ2) is 6.83. The van der Waals surface area contributed by atoms with Gasteiger partial charge in [-0.25, -0.2) is 0 Å².